The number of hydrogen-bond donors (Lipinski definition) is 12. The monoisotopic (exact) mass is 1340 g/mol. The molecule has 17 unspecified atom stereocenters. The van der Waals surface area contributed by atoms with Crippen molar-refractivity contribution in [3.8, 4) is 0 Å². The Bertz CT molecular complexity index is 2190. The number of carbonyl (C=O) groups excluding carboxylic acids is 1. The average molecular weight is 1340 g/mol. The fourth-order valence-electron chi connectivity index (χ4n) is 11.4. The first-order valence-corrected chi connectivity index (χ1v) is 36.3. The molecule has 0 aromatic rings. The van der Waals surface area contributed by atoms with Gasteiger partial charge in [0.25, 0.3) is 0 Å². The van der Waals surface area contributed by atoms with E-state index in [1.165, 1.54) is 64.2 Å². The summed E-state index contributed by atoms with van der Waals surface area (Å²) < 4.78 is 34.3. The van der Waals surface area contributed by atoms with Crippen molar-refractivity contribution < 1.29 is 89.4 Å². The van der Waals surface area contributed by atoms with Crippen molar-refractivity contribution in [3.63, 3.8) is 0 Å². The molecule has 0 aromatic heterocycles. The highest BCUT2D eigenvalue weighted by Crippen LogP contribution is 2.33. The van der Waals surface area contributed by atoms with Gasteiger partial charge in [0.1, 0.15) is 73.2 Å². The molecule has 95 heavy (non-hydrogen) atoms. The largest absolute Gasteiger partial charge is 0.394 e. The first kappa shape index (κ1) is 85.4. The van der Waals surface area contributed by atoms with Crippen LogP contribution in [0.1, 0.15) is 219 Å². The van der Waals surface area contributed by atoms with Crippen LogP contribution in [0.3, 0.4) is 0 Å². The molecule has 19 nitrogen and oxygen atoms in total. The normalized spacial score (nSPS) is 27.9. The quantitative estimate of drug-likeness (QED) is 0.0199. The Morgan fingerprint density at radius 1 is 0.389 bits per heavy atom. The molecule has 3 saturated heterocycles. The van der Waals surface area contributed by atoms with Crippen LogP contribution in [0, 0.1) is 0 Å². The van der Waals surface area contributed by atoms with Gasteiger partial charge in [-0.25, -0.2) is 0 Å². The van der Waals surface area contributed by atoms with E-state index < -0.39 is 124 Å². The molecule has 1 amide bonds. The first-order valence-electron chi connectivity index (χ1n) is 36.3. The maximum Gasteiger partial charge on any atom is 0.220 e. The van der Waals surface area contributed by atoms with E-state index in [9.17, 15) is 61.0 Å². The Hall–Kier alpha value is -3.81. The lowest BCUT2D eigenvalue weighted by Crippen LogP contribution is -2.66. The molecule has 3 fully saturated rings. The van der Waals surface area contributed by atoms with Gasteiger partial charge >= 0.3 is 0 Å². The number of aliphatic hydroxyl groups is 11. The second-order valence-electron chi connectivity index (χ2n) is 25.3. The highest BCUT2D eigenvalue weighted by Gasteiger charge is 2.53. The summed E-state index contributed by atoms with van der Waals surface area (Å²) in [6, 6.07) is -0.988. The van der Waals surface area contributed by atoms with Crippen molar-refractivity contribution in [2.24, 2.45) is 0 Å². The first-order chi connectivity index (χ1) is 46.3. The van der Waals surface area contributed by atoms with E-state index in [0.29, 0.717) is 6.42 Å². The maximum atomic E-state index is 13.4. The van der Waals surface area contributed by atoms with Crippen LogP contribution in [0.4, 0.5) is 0 Å². The van der Waals surface area contributed by atoms with E-state index in [0.717, 1.165) is 128 Å². The maximum absolute atomic E-state index is 13.4. The molecule has 17 atom stereocenters. The summed E-state index contributed by atoms with van der Waals surface area (Å²) >= 11 is 0. The van der Waals surface area contributed by atoms with Crippen LogP contribution in [0.15, 0.2) is 122 Å². The highest BCUT2D eigenvalue weighted by atomic mass is 16.8. The number of nitrogens with one attached hydrogen (secondary N) is 1. The second kappa shape index (κ2) is 56.0. The molecule has 19 heteroatoms. The van der Waals surface area contributed by atoms with Gasteiger partial charge in [-0.2, -0.15) is 0 Å². The molecule has 0 aliphatic carbocycles. The summed E-state index contributed by atoms with van der Waals surface area (Å²) in [6.07, 6.45) is 50.3. The zero-order valence-corrected chi connectivity index (χ0v) is 57.6. The van der Waals surface area contributed by atoms with E-state index in [4.69, 9.17) is 28.4 Å². The summed E-state index contributed by atoms with van der Waals surface area (Å²) in [5.41, 5.74) is 0. The topological polar surface area (TPSA) is 307 Å². The van der Waals surface area contributed by atoms with E-state index in [1.54, 1.807) is 6.08 Å². The zero-order valence-electron chi connectivity index (χ0n) is 57.6. The third-order valence-corrected chi connectivity index (χ3v) is 17.3. The number of unbranched alkanes of at least 4 members (excludes halogenated alkanes) is 20. The summed E-state index contributed by atoms with van der Waals surface area (Å²) in [5, 5.41) is 121. The lowest BCUT2D eigenvalue weighted by Gasteiger charge is -2.48. The second-order valence-corrected chi connectivity index (χ2v) is 25.3. The third-order valence-electron chi connectivity index (χ3n) is 17.3. The fraction of sp³-hybridized carbons (Fsp3) is 0.724. The SMILES string of the molecule is CC/C=C\C/C=C\C/C=C\C/C=C\C/C=C\C/C=C\C/C=C\C/C=C\C/C=C\CCCCCCCCCC(=O)NC(COC1OC(CO)C(OC2OC(CO)C(OC3OC(CO)C(O)C(O)C3O)C(O)C2O)C(O)C1O)C(O)/C=C/CCCCCCCCCCCCCCC. The predicted molar refractivity (Wildman–Crippen MR) is 373 cm³/mol. The number of hydrogen-bond acceptors (Lipinski definition) is 18. The van der Waals surface area contributed by atoms with Crippen LogP contribution in [-0.4, -0.2) is 193 Å². The van der Waals surface area contributed by atoms with Gasteiger partial charge in [-0.3, -0.25) is 4.79 Å². The molecule has 544 valence electrons. The fourth-order valence-corrected chi connectivity index (χ4v) is 11.4. The summed E-state index contributed by atoms with van der Waals surface area (Å²) in [4.78, 5) is 13.4. The standard InChI is InChI=1S/C76H127NO18/c1-3-5-7-9-11-13-15-17-19-20-21-22-23-24-25-26-27-28-29-30-31-32-33-34-35-36-37-38-40-42-44-46-48-50-52-54-64(82)77-59(60(81)53-51-49-47-45-43-41-39-18-16-14-12-10-8-6-4-2)58-90-74-70(88)67(85)72(62(56-79)92-74)95-76-71(89)68(86)73(63(57-80)93-76)94-75-69(87)66(84)65(83)61(55-78)91-75/h5,7,11,13,17,19,21-22,24-25,27-28,30-31,33-34,36-37,51,53,59-63,65-76,78-81,83-89H,3-4,6,8-10,12,14-16,18,20,23,26,29,32,35,38-50,52,54-58H2,1-2H3,(H,77,82)/b7-5-,13-11-,19-17-,22-21-,25-24-,28-27-,31-30-,34-33-,37-36-,53-51+. The van der Waals surface area contributed by atoms with E-state index in [-0.39, 0.29) is 18.9 Å². The number of carbonyl (C=O) groups is 1. The van der Waals surface area contributed by atoms with Crippen LogP contribution in [0.5, 0.6) is 0 Å². The van der Waals surface area contributed by atoms with Gasteiger partial charge in [-0.05, 0) is 89.9 Å². The van der Waals surface area contributed by atoms with Crippen molar-refractivity contribution >= 4 is 5.91 Å². The van der Waals surface area contributed by atoms with Gasteiger partial charge in [0.2, 0.25) is 5.91 Å². The predicted octanol–water partition coefficient (Wildman–Crippen LogP) is 10.4. The Morgan fingerprint density at radius 3 is 1.14 bits per heavy atom. The van der Waals surface area contributed by atoms with Gasteiger partial charge in [0.05, 0.1) is 38.6 Å². The van der Waals surface area contributed by atoms with Crippen molar-refractivity contribution in [1.29, 1.82) is 0 Å². The molecule has 3 aliphatic rings. The molecule has 12 N–H and O–H groups in total. The Labute approximate surface area is 569 Å². The van der Waals surface area contributed by atoms with Crippen LogP contribution in [-0.2, 0) is 33.2 Å². The van der Waals surface area contributed by atoms with Crippen molar-refractivity contribution in [3.05, 3.63) is 122 Å². The van der Waals surface area contributed by atoms with Gasteiger partial charge in [-0.15, -0.1) is 0 Å². The number of ether oxygens (including phenoxy) is 6. The third kappa shape index (κ3) is 37.3. The van der Waals surface area contributed by atoms with Gasteiger partial charge < -0.3 is 89.9 Å². The Balaban J connectivity index is 1.39. The molecule has 3 aliphatic heterocycles. The van der Waals surface area contributed by atoms with Gasteiger partial charge in [0.15, 0.2) is 18.9 Å². The summed E-state index contributed by atoms with van der Waals surface area (Å²) in [5.74, 6) is -0.292. The number of aliphatic hydroxyl groups excluding tert-OH is 11. The molecule has 0 saturated carbocycles. The minimum Gasteiger partial charge on any atom is -0.394 e. The van der Waals surface area contributed by atoms with Crippen LogP contribution in [0.25, 0.3) is 0 Å². The van der Waals surface area contributed by atoms with Crippen LogP contribution >= 0.6 is 0 Å². The Kier molecular flexibility index (Phi) is 50.3. The van der Waals surface area contributed by atoms with Crippen molar-refractivity contribution in [1.82, 2.24) is 5.32 Å². The molecule has 3 heterocycles. The molecular weight excluding hydrogens is 1210 g/mol. The summed E-state index contributed by atoms with van der Waals surface area (Å²) in [7, 11) is 0. The van der Waals surface area contributed by atoms with Crippen LogP contribution < -0.4 is 5.32 Å². The number of amides is 1. The lowest BCUT2D eigenvalue weighted by molar-refractivity contribution is -0.379. The van der Waals surface area contributed by atoms with Crippen LogP contribution in [0.2, 0.25) is 0 Å². The molecule has 0 radical (unpaired) electrons. The van der Waals surface area contributed by atoms with Crippen molar-refractivity contribution in [2.45, 2.75) is 324 Å². The van der Waals surface area contributed by atoms with Gasteiger partial charge in [-0.1, -0.05) is 245 Å². The minimum atomic E-state index is -1.98. The van der Waals surface area contributed by atoms with E-state index in [1.807, 2.05) is 6.08 Å². The summed E-state index contributed by atoms with van der Waals surface area (Å²) in [6.45, 7) is 1.59. The highest BCUT2D eigenvalue weighted by molar-refractivity contribution is 5.76. The minimum absolute atomic E-state index is 0.222. The van der Waals surface area contributed by atoms with Gasteiger partial charge in [0, 0.05) is 6.42 Å². The van der Waals surface area contributed by atoms with E-state index in [2.05, 4.69) is 129 Å². The lowest BCUT2D eigenvalue weighted by atomic mass is 9.96. The molecule has 0 bridgehead atoms. The molecule has 0 spiro atoms. The average Bonchev–Trinajstić information content (AvgIpc) is 0.799. The smallest absolute Gasteiger partial charge is 0.220 e. The number of allylic oxidation sites excluding steroid dienone is 19. The van der Waals surface area contributed by atoms with E-state index >= 15 is 0 Å². The Morgan fingerprint density at radius 2 is 0.726 bits per heavy atom. The zero-order chi connectivity index (χ0) is 68.9. The number of rotatable bonds is 54. The molecule has 3 rings (SSSR count). The van der Waals surface area contributed by atoms with Crippen molar-refractivity contribution in [2.75, 3.05) is 26.4 Å². The molecule has 0 aromatic carbocycles. The molecular formula is C76H127NO18.